The van der Waals surface area contributed by atoms with Crippen LogP contribution in [0.2, 0.25) is 0 Å². The molecule has 33 heavy (non-hydrogen) atoms. The number of fused-ring (bicyclic) bond motifs is 2. The molecule has 8 nitrogen and oxygen atoms in total. The van der Waals surface area contributed by atoms with E-state index < -0.39 is 5.82 Å². The van der Waals surface area contributed by atoms with Crippen LogP contribution in [0.3, 0.4) is 0 Å². The van der Waals surface area contributed by atoms with Gasteiger partial charge in [-0.05, 0) is 43.4 Å². The van der Waals surface area contributed by atoms with Crippen molar-refractivity contribution in [3.8, 4) is 34.1 Å². The number of phenols is 1. The summed E-state index contributed by atoms with van der Waals surface area (Å²) in [6.07, 6.45) is 8.74. The summed E-state index contributed by atoms with van der Waals surface area (Å²) in [7, 11) is 3.51. The molecule has 1 aromatic carbocycles. The second-order valence-corrected chi connectivity index (χ2v) is 8.81. The quantitative estimate of drug-likeness (QED) is 0.609. The molecule has 2 aliphatic heterocycles. The van der Waals surface area contributed by atoms with E-state index in [1.807, 2.05) is 7.05 Å². The van der Waals surface area contributed by atoms with E-state index in [1.54, 1.807) is 18.3 Å². The van der Waals surface area contributed by atoms with Crippen LogP contribution >= 0.6 is 0 Å². The van der Waals surface area contributed by atoms with Crippen LogP contribution in [0.15, 0.2) is 36.7 Å². The monoisotopic (exact) mass is 450 g/mol. The van der Waals surface area contributed by atoms with Gasteiger partial charge in [-0.3, -0.25) is 0 Å². The maximum atomic E-state index is 14.3. The fourth-order valence-corrected chi connectivity index (χ4v) is 4.93. The highest BCUT2D eigenvalue weighted by Crippen LogP contribution is 2.34. The molecule has 9 heteroatoms. The number of methoxy groups -OCH3 is 1. The van der Waals surface area contributed by atoms with Crippen molar-refractivity contribution in [2.45, 2.75) is 50.2 Å². The summed E-state index contributed by atoms with van der Waals surface area (Å²) < 4.78 is 19.3. The molecule has 2 fully saturated rings. The summed E-state index contributed by atoms with van der Waals surface area (Å²) in [6, 6.07) is 7.88. The van der Waals surface area contributed by atoms with Crippen molar-refractivity contribution in [2.75, 3.05) is 19.1 Å². The fourth-order valence-electron chi connectivity index (χ4n) is 4.93. The molecule has 0 saturated carbocycles. The number of aromatic nitrogens is 4. The minimum absolute atomic E-state index is 0.0586. The van der Waals surface area contributed by atoms with E-state index in [4.69, 9.17) is 4.74 Å². The average Bonchev–Trinajstić information content (AvgIpc) is 2.84. The third-order valence-corrected chi connectivity index (χ3v) is 6.74. The molecule has 0 aliphatic carbocycles. The van der Waals surface area contributed by atoms with Gasteiger partial charge in [0.25, 0.3) is 0 Å². The summed E-state index contributed by atoms with van der Waals surface area (Å²) in [5.74, 6) is 0.753. The molecule has 0 spiro atoms. The lowest BCUT2D eigenvalue weighted by molar-refractivity contribution is 0.219. The Balaban J connectivity index is 1.35. The molecule has 2 aliphatic rings. The summed E-state index contributed by atoms with van der Waals surface area (Å²) in [6.45, 7) is 0. The lowest BCUT2D eigenvalue weighted by atomic mass is 9.83. The smallest absolute Gasteiger partial charge is 0.213 e. The number of ether oxygens (including phenoxy) is 1. The maximum absolute atomic E-state index is 14.3. The van der Waals surface area contributed by atoms with Gasteiger partial charge in [0, 0.05) is 36.8 Å². The number of halogens is 1. The first kappa shape index (κ1) is 21.5. The molecule has 5 rings (SSSR count). The van der Waals surface area contributed by atoms with Gasteiger partial charge in [-0.1, -0.05) is 12.5 Å². The van der Waals surface area contributed by atoms with Gasteiger partial charge in [0.2, 0.25) is 5.88 Å². The number of hydrogen-bond acceptors (Lipinski definition) is 8. The number of phenolic OH excluding ortho intramolecular Hbond substituents is 1. The largest absolute Gasteiger partial charge is 0.507 e. The van der Waals surface area contributed by atoms with Gasteiger partial charge in [-0.25, -0.2) is 14.4 Å². The highest BCUT2D eigenvalue weighted by Gasteiger charge is 2.33. The molecular weight excluding hydrogens is 423 g/mol. The van der Waals surface area contributed by atoms with Gasteiger partial charge in [-0.15, -0.1) is 10.2 Å². The normalized spacial score (nSPS) is 22.1. The predicted molar refractivity (Wildman–Crippen MR) is 123 cm³/mol. The molecule has 2 bridgehead atoms. The van der Waals surface area contributed by atoms with Crippen LogP contribution in [0.1, 0.15) is 32.1 Å². The van der Waals surface area contributed by atoms with Crippen LogP contribution in [0.25, 0.3) is 22.5 Å². The van der Waals surface area contributed by atoms with Gasteiger partial charge in [0.1, 0.15) is 11.6 Å². The molecule has 4 heterocycles. The lowest BCUT2D eigenvalue weighted by Gasteiger charge is -2.43. The zero-order valence-corrected chi connectivity index (χ0v) is 18.7. The highest BCUT2D eigenvalue weighted by molar-refractivity contribution is 5.73. The Kier molecular flexibility index (Phi) is 5.80. The molecule has 3 aromatic rings. The highest BCUT2D eigenvalue weighted by atomic mass is 19.1. The number of rotatable bonds is 5. The molecule has 2 N–H and O–H groups in total. The van der Waals surface area contributed by atoms with Crippen LogP contribution in [0.4, 0.5) is 10.2 Å². The third kappa shape index (κ3) is 4.32. The molecule has 0 unspecified atom stereocenters. The number of pyridine rings is 1. The first-order valence-electron chi connectivity index (χ1n) is 11.2. The SMILES string of the molecule is COc1cc(-c2ccc(-c3ncc(N(C)C4C[C@H]5CCC[C@H](C4)N5)nn3)c(O)c2)c(F)cn1. The standard InChI is InChI=1S/C24H27FN6O2/c1-31(17-9-15-4-3-5-16(10-17)28-15)22-13-27-24(30-29-22)18-7-6-14(8-21(18)32)19-11-23(33-2)26-12-20(19)25/h6-8,11-13,15-17,28,32H,3-5,9-10H2,1-2H3/t15-,16-/m1/s1. The topological polar surface area (TPSA) is 96.3 Å². The van der Waals surface area contributed by atoms with Crippen LogP contribution in [0.5, 0.6) is 11.6 Å². The van der Waals surface area contributed by atoms with E-state index in [9.17, 15) is 9.50 Å². The van der Waals surface area contributed by atoms with Gasteiger partial charge in [0.15, 0.2) is 11.6 Å². The van der Waals surface area contributed by atoms with Crippen LogP contribution in [0, 0.1) is 5.82 Å². The van der Waals surface area contributed by atoms with E-state index in [0.29, 0.717) is 46.8 Å². The van der Waals surface area contributed by atoms with Crippen LogP contribution < -0.4 is 15.0 Å². The zero-order valence-electron chi connectivity index (χ0n) is 18.7. The number of hydrogen-bond donors (Lipinski definition) is 2. The fraction of sp³-hybridized carbons (Fsp3) is 0.417. The number of nitrogens with one attached hydrogen (secondary N) is 1. The summed E-state index contributed by atoms with van der Waals surface area (Å²) in [5.41, 5.74) is 1.21. The number of piperidine rings is 2. The van der Waals surface area contributed by atoms with E-state index in [0.717, 1.165) is 19.0 Å². The number of nitrogens with zero attached hydrogens (tertiary/aromatic N) is 5. The van der Waals surface area contributed by atoms with E-state index >= 15 is 0 Å². The Hall–Kier alpha value is -3.33. The summed E-state index contributed by atoms with van der Waals surface area (Å²) in [4.78, 5) is 10.5. The Bertz CT molecular complexity index is 1130. The molecular formula is C24H27FN6O2. The van der Waals surface area contributed by atoms with Crippen molar-refractivity contribution in [1.29, 1.82) is 0 Å². The van der Waals surface area contributed by atoms with Crippen molar-refractivity contribution in [3.05, 3.63) is 42.5 Å². The number of benzene rings is 1. The molecule has 172 valence electrons. The summed E-state index contributed by atoms with van der Waals surface area (Å²) >= 11 is 0. The van der Waals surface area contributed by atoms with E-state index in [1.165, 1.54) is 38.5 Å². The predicted octanol–water partition coefficient (Wildman–Crippen LogP) is 3.56. The van der Waals surface area contributed by atoms with Gasteiger partial charge in [0.05, 0.1) is 25.1 Å². The Morgan fingerprint density at radius 3 is 2.52 bits per heavy atom. The minimum Gasteiger partial charge on any atom is -0.507 e. The van der Waals surface area contributed by atoms with Crippen molar-refractivity contribution in [3.63, 3.8) is 0 Å². The minimum atomic E-state index is -0.504. The van der Waals surface area contributed by atoms with Crippen molar-refractivity contribution < 1.29 is 14.2 Å². The second kappa shape index (κ2) is 8.90. The first-order valence-corrected chi connectivity index (χ1v) is 11.2. The Morgan fingerprint density at radius 1 is 1.06 bits per heavy atom. The van der Waals surface area contributed by atoms with Crippen molar-refractivity contribution >= 4 is 5.82 Å². The number of aromatic hydroxyl groups is 1. The van der Waals surface area contributed by atoms with Crippen molar-refractivity contribution in [1.82, 2.24) is 25.5 Å². The maximum Gasteiger partial charge on any atom is 0.213 e. The van der Waals surface area contributed by atoms with E-state index in [2.05, 4.69) is 30.4 Å². The number of anilines is 1. The summed E-state index contributed by atoms with van der Waals surface area (Å²) in [5, 5.41) is 23.0. The molecule has 0 radical (unpaired) electrons. The molecule has 0 amide bonds. The second-order valence-electron chi connectivity index (χ2n) is 8.81. The zero-order chi connectivity index (χ0) is 22.9. The Labute approximate surface area is 191 Å². The van der Waals surface area contributed by atoms with Crippen LogP contribution in [-0.2, 0) is 0 Å². The van der Waals surface area contributed by atoms with Gasteiger partial charge < -0.3 is 20.1 Å². The van der Waals surface area contributed by atoms with Crippen LogP contribution in [-0.4, -0.2) is 57.6 Å². The molecule has 2 atom stereocenters. The van der Waals surface area contributed by atoms with E-state index in [-0.39, 0.29) is 11.3 Å². The Morgan fingerprint density at radius 2 is 1.85 bits per heavy atom. The third-order valence-electron chi connectivity index (χ3n) is 6.74. The lowest BCUT2D eigenvalue weighted by Crippen LogP contribution is -2.54. The first-order chi connectivity index (χ1) is 16.0. The molecule has 2 aromatic heterocycles. The molecule has 2 saturated heterocycles. The average molecular weight is 451 g/mol. The van der Waals surface area contributed by atoms with Crippen molar-refractivity contribution in [2.24, 2.45) is 0 Å². The van der Waals surface area contributed by atoms with Gasteiger partial charge >= 0.3 is 0 Å². The van der Waals surface area contributed by atoms with Gasteiger partial charge in [-0.2, -0.15) is 0 Å².